The SMILES string of the molecule is COCCCNc1nc(C(C)(C)C)ncc1C(=O)N(CCC(F)(F)F)[C@@H]1CNC[C@H](C(=O)N2CCOCC2)C1.Cl.Cl. The van der Waals surface area contributed by atoms with Crippen LogP contribution in [0.5, 0.6) is 0 Å². The maximum Gasteiger partial charge on any atom is 0.390 e. The van der Waals surface area contributed by atoms with Gasteiger partial charge >= 0.3 is 6.18 Å². The highest BCUT2D eigenvalue weighted by molar-refractivity contribution is 5.98. The van der Waals surface area contributed by atoms with E-state index in [0.29, 0.717) is 58.2 Å². The lowest BCUT2D eigenvalue weighted by molar-refractivity contribution is -0.142. The number of rotatable bonds is 10. The van der Waals surface area contributed by atoms with E-state index in [4.69, 9.17) is 9.47 Å². The van der Waals surface area contributed by atoms with Crippen molar-refractivity contribution in [3.63, 3.8) is 0 Å². The molecule has 0 aliphatic carbocycles. The first-order valence-electron chi connectivity index (χ1n) is 13.5. The van der Waals surface area contributed by atoms with Crippen molar-refractivity contribution in [3.05, 3.63) is 17.6 Å². The number of hydrogen-bond acceptors (Lipinski definition) is 8. The Morgan fingerprint density at radius 2 is 1.88 bits per heavy atom. The summed E-state index contributed by atoms with van der Waals surface area (Å²) in [6.45, 7) is 8.80. The third-order valence-electron chi connectivity index (χ3n) is 6.84. The number of alkyl halides is 3. The molecule has 41 heavy (non-hydrogen) atoms. The van der Waals surface area contributed by atoms with Crippen LogP contribution in [0.4, 0.5) is 19.0 Å². The number of nitrogens with one attached hydrogen (secondary N) is 2. The fourth-order valence-corrected chi connectivity index (χ4v) is 4.70. The van der Waals surface area contributed by atoms with Gasteiger partial charge in [-0.15, -0.1) is 24.8 Å². The summed E-state index contributed by atoms with van der Waals surface area (Å²) >= 11 is 0. The number of hydrogen-bond donors (Lipinski definition) is 2. The summed E-state index contributed by atoms with van der Waals surface area (Å²) in [6.07, 6.45) is -3.30. The summed E-state index contributed by atoms with van der Waals surface area (Å²) in [7, 11) is 1.59. The Morgan fingerprint density at radius 3 is 2.49 bits per heavy atom. The zero-order valence-corrected chi connectivity index (χ0v) is 25.7. The van der Waals surface area contributed by atoms with Gasteiger partial charge in [0.15, 0.2) is 0 Å². The number of methoxy groups -OCH3 is 1. The minimum atomic E-state index is -4.45. The standard InChI is InChI=1S/C26H41F3N6O4.2ClH/c1-25(2,3)24-32-17-20(21(33-24)31-7-5-11-38-4)23(37)35(8-6-26(27,28)29)19-14-18(15-30-16-19)22(36)34-9-12-39-13-10-34;;/h17-19,30H,5-16H2,1-4H3,(H,31,32,33);2*1H/t18-,19+;;/m1../s1. The molecule has 1 aromatic rings. The van der Waals surface area contributed by atoms with Crippen molar-refractivity contribution >= 4 is 42.4 Å². The highest BCUT2D eigenvalue weighted by Crippen LogP contribution is 2.27. The molecule has 2 N–H and O–H groups in total. The second-order valence-corrected chi connectivity index (χ2v) is 11.0. The van der Waals surface area contributed by atoms with Crippen LogP contribution in [0.1, 0.15) is 56.2 Å². The highest BCUT2D eigenvalue weighted by atomic mass is 35.5. The van der Waals surface area contributed by atoms with Gasteiger partial charge in [0.05, 0.1) is 25.6 Å². The van der Waals surface area contributed by atoms with Gasteiger partial charge in [0.2, 0.25) is 5.91 Å². The first-order valence-corrected chi connectivity index (χ1v) is 13.5. The molecule has 2 fully saturated rings. The predicted molar refractivity (Wildman–Crippen MR) is 154 cm³/mol. The van der Waals surface area contributed by atoms with Crippen molar-refractivity contribution in [1.29, 1.82) is 0 Å². The topological polar surface area (TPSA) is 109 Å². The van der Waals surface area contributed by atoms with Crippen LogP contribution in [0.3, 0.4) is 0 Å². The van der Waals surface area contributed by atoms with E-state index in [0.717, 1.165) is 0 Å². The van der Waals surface area contributed by atoms with Gasteiger partial charge < -0.3 is 29.9 Å². The molecule has 10 nitrogen and oxygen atoms in total. The summed E-state index contributed by atoms with van der Waals surface area (Å²) in [6, 6.07) is -0.604. The van der Waals surface area contributed by atoms with E-state index < -0.39 is 42.4 Å². The number of morpholine rings is 1. The van der Waals surface area contributed by atoms with Crippen molar-refractivity contribution in [2.45, 2.75) is 57.7 Å². The van der Waals surface area contributed by atoms with Crippen molar-refractivity contribution in [2.75, 3.05) is 71.5 Å². The van der Waals surface area contributed by atoms with Gasteiger partial charge in [0.25, 0.3) is 5.91 Å². The number of piperidine rings is 1. The van der Waals surface area contributed by atoms with Crippen LogP contribution < -0.4 is 10.6 Å². The quantitative estimate of drug-likeness (QED) is 0.379. The number of ether oxygens (including phenoxy) is 2. The summed E-state index contributed by atoms with van der Waals surface area (Å²) in [5, 5.41) is 6.32. The number of aromatic nitrogens is 2. The molecule has 0 bridgehead atoms. The second kappa shape index (κ2) is 16.6. The molecule has 3 rings (SSSR count). The van der Waals surface area contributed by atoms with Crippen LogP contribution in [0.2, 0.25) is 0 Å². The molecule has 236 valence electrons. The summed E-state index contributed by atoms with van der Waals surface area (Å²) in [5.74, 6) is -0.338. The minimum Gasteiger partial charge on any atom is -0.385 e. The molecule has 0 unspecified atom stereocenters. The number of nitrogens with zero attached hydrogens (tertiary/aromatic N) is 4. The zero-order chi connectivity index (χ0) is 28.6. The molecule has 0 radical (unpaired) electrons. The monoisotopic (exact) mass is 630 g/mol. The van der Waals surface area contributed by atoms with Crippen LogP contribution in [-0.4, -0.2) is 110 Å². The van der Waals surface area contributed by atoms with E-state index in [9.17, 15) is 22.8 Å². The maximum atomic E-state index is 13.9. The highest BCUT2D eigenvalue weighted by Gasteiger charge is 2.38. The number of amides is 2. The molecule has 2 saturated heterocycles. The van der Waals surface area contributed by atoms with E-state index in [-0.39, 0.29) is 55.1 Å². The van der Waals surface area contributed by atoms with Crippen LogP contribution in [0.25, 0.3) is 0 Å². The van der Waals surface area contributed by atoms with E-state index in [1.54, 1.807) is 12.0 Å². The maximum absolute atomic E-state index is 13.9. The second-order valence-electron chi connectivity index (χ2n) is 11.0. The Morgan fingerprint density at radius 1 is 1.20 bits per heavy atom. The lowest BCUT2D eigenvalue weighted by Gasteiger charge is -2.39. The fourth-order valence-electron chi connectivity index (χ4n) is 4.70. The number of halogens is 5. The Balaban J connectivity index is 0.00000420. The van der Waals surface area contributed by atoms with Crippen LogP contribution in [-0.2, 0) is 19.7 Å². The van der Waals surface area contributed by atoms with Gasteiger partial charge in [-0.05, 0) is 12.8 Å². The molecular weight excluding hydrogens is 588 g/mol. The lowest BCUT2D eigenvalue weighted by Crippen LogP contribution is -2.55. The van der Waals surface area contributed by atoms with Crippen LogP contribution in [0.15, 0.2) is 6.20 Å². The van der Waals surface area contributed by atoms with E-state index in [1.807, 2.05) is 20.8 Å². The van der Waals surface area contributed by atoms with Gasteiger partial charge in [0, 0.05) is 70.6 Å². The predicted octanol–water partition coefficient (Wildman–Crippen LogP) is 3.30. The van der Waals surface area contributed by atoms with Crippen LogP contribution >= 0.6 is 24.8 Å². The molecule has 0 spiro atoms. The molecule has 2 atom stereocenters. The number of anilines is 1. The molecule has 15 heteroatoms. The third-order valence-corrected chi connectivity index (χ3v) is 6.84. The Bertz CT molecular complexity index is 978. The molecule has 3 heterocycles. The van der Waals surface area contributed by atoms with Gasteiger partial charge in [-0.2, -0.15) is 13.2 Å². The van der Waals surface area contributed by atoms with Gasteiger partial charge in [0.1, 0.15) is 17.2 Å². The molecular formula is C26H43Cl2F3N6O4. The first kappa shape index (κ1) is 37.1. The smallest absolute Gasteiger partial charge is 0.385 e. The largest absolute Gasteiger partial charge is 0.390 e. The average Bonchev–Trinajstić information content (AvgIpc) is 2.90. The average molecular weight is 632 g/mol. The van der Waals surface area contributed by atoms with E-state index >= 15 is 0 Å². The molecule has 0 saturated carbocycles. The zero-order valence-electron chi connectivity index (χ0n) is 24.1. The van der Waals surface area contributed by atoms with Gasteiger partial charge in [-0.3, -0.25) is 9.59 Å². The Labute approximate surface area is 252 Å². The van der Waals surface area contributed by atoms with Crippen molar-refractivity contribution in [2.24, 2.45) is 5.92 Å². The normalized spacial score (nSPS) is 19.5. The summed E-state index contributed by atoms with van der Waals surface area (Å²) in [4.78, 5) is 38.9. The van der Waals surface area contributed by atoms with Crippen molar-refractivity contribution in [1.82, 2.24) is 25.1 Å². The molecule has 2 aliphatic rings. The van der Waals surface area contributed by atoms with E-state index in [2.05, 4.69) is 20.6 Å². The molecule has 0 aromatic carbocycles. The Hall–Kier alpha value is -1.93. The third kappa shape index (κ3) is 11.0. The van der Waals surface area contributed by atoms with Crippen LogP contribution in [0, 0.1) is 5.92 Å². The minimum absolute atomic E-state index is 0. The molecule has 2 aliphatic heterocycles. The molecule has 1 aromatic heterocycles. The van der Waals surface area contributed by atoms with E-state index in [1.165, 1.54) is 11.1 Å². The lowest BCUT2D eigenvalue weighted by atomic mass is 9.92. The number of carbonyl (C=O) groups excluding carboxylic acids is 2. The van der Waals surface area contributed by atoms with Crippen molar-refractivity contribution in [3.8, 4) is 0 Å². The van der Waals surface area contributed by atoms with Gasteiger partial charge in [-0.25, -0.2) is 9.97 Å². The number of carbonyl (C=O) groups is 2. The summed E-state index contributed by atoms with van der Waals surface area (Å²) in [5.41, 5.74) is -0.301. The summed E-state index contributed by atoms with van der Waals surface area (Å²) < 4.78 is 50.4. The first-order chi connectivity index (χ1) is 18.4. The molecule has 2 amide bonds. The fraction of sp³-hybridized carbons (Fsp3) is 0.769. The van der Waals surface area contributed by atoms with Crippen molar-refractivity contribution < 1.29 is 32.2 Å². The van der Waals surface area contributed by atoms with Gasteiger partial charge in [-0.1, -0.05) is 20.8 Å². The Kier molecular flexibility index (Phi) is 15.1.